The molecule has 1 N–H and O–H groups in total. The highest BCUT2D eigenvalue weighted by Crippen LogP contribution is 2.35. The number of likely N-dealkylation sites (tertiary alicyclic amines) is 1. The van der Waals surface area contributed by atoms with Crippen LogP contribution in [0.3, 0.4) is 0 Å². The van der Waals surface area contributed by atoms with Crippen LogP contribution in [0.2, 0.25) is 0 Å². The molecule has 0 saturated carbocycles. The summed E-state index contributed by atoms with van der Waals surface area (Å²) in [6, 6.07) is 5.43. The van der Waals surface area contributed by atoms with Crippen molar-refractivity contribution < 1.29 is 4.39 Å². The maximum absolute atomic E-state index is 14.3. The fraction of sp³-hybridized carbons (Fsp3) is 0.529. The Bertz CT molecular complexity index is 623. The summed E-state index contributed by atoms with van der Waals surface area (Å²) in [6.45, 7) is 6.26. The van der Waals surface area contributed by atoms with Crippen LogP contribution in [-0.4, -0.2) is 25.0 Å². The molecule has 0 aliphatic carbocycles. The summed E-state index contributed by atoms with van der Waals surface area (Å²) < 4.78 is 15.4. The molecular weight excluding hydrogens is 283 g/mol. The molecule has 1 unspecified atom stereocenters. The minimum absolute atomic E-state index is 0.0765. The van der Waals surface area contributed by atoms with E-state index in [0.29, 0.717) is 0 Å². The third-order valence-electron chi connectivity index (χ3n) is 4.51. The Balaban J connectivity index is 1.93. The van der Waals surface area contributed by atoms with E-state index in [0.717, 1.165) is 42.2 Å². The van der Waals surface area contributed by atoms with Gasteiger partial charge in [-0.25, -0.2) is 4.39 Å². The number of benzene rings is 1. The number of rotatable bonds is 5. The third-order valence-corrected chi connectivity index (χ3v) is 5.71. The van der Waals surface area contributed by atoms with Crippen molar-refractivity contribution in [3.05, 3.63) is 34.5 Å². The minimum Gasteiger partial charge on any atom is -0.315 e. The van der Waals surface area contributed by atoms with Gasteiger partial charge in [0.05, 0.1) is 0 Å². The quantitative estimate of drug-likeness (QED) is 0.898. The van der Waals surface area contributed by atoms with Gasteiger partial charge in [0.1, 0.15) is 5.82 Å². The molecule has 2 nitrogen and oxygen atoms in total. The topological polar surface area (TPSA) is 15.3 Å². The van der Waals surface area contributed by atoms with Crippen molar-refractivity contribution >= 4 is 21.4 Å². The first-order chi connectivity index (χ1) is 10.2. The SMILES string of the molecule is CCC1CCN(Cc2c(CNC)sc3cccc(F)c23)C1. The number of halogens is 1. The van der Waals surface area contributed by atoms with E-state index in [1.54, 1.807) is 17.4 Å². The summed E-state index contributed by atoms with van der Waals surface area (Å²) in [7, 11) is 1.95. The van der Waals surface area contributed by atoms with Gasteiger partial charge < -0.3 is 5.32 Å². The number of thiophene rings is 1. The molecule has 3 rings (SSSR count). The van der Waals surface area contributed by atoms with Gasteiger partial charge in [0, 0.05) is 34.6 Å². The van der Waals surface area contributed by atoms with E-state index in [4.69, 9.17) is 0 Å². The molecular formula is C17H23FN2S. The number of hydrogen-bond acceptors (Lipinski definition) is 3. The van der Waals surface area contributed by atoms with Gasteiger partial charge >= 0.3 is 0 Å². The monoisotopic (exact) mass is 306 g/mol. The lowest BCUT2D eigenvalue weighted by Crippen LogP contribution is -2.21. The van der Waals surface area contributed by atoms with Crippen LogP contribution in [0.5, 0.6) is 0 Å². The van der Waals surface area contributed by atoms with Crippen molar-refractivity contribution in [2.45, 2.75) is 32.9 Å². The Morgan fingerprint density at radius 3 is 3.00 bits per heavy atom. The zero-order chi connectivity index (χ0) is 14.8. The zero-order valence-electron chi connectivity index (χ0n) is 12.8. The third kappa shape index (κ3) is 2.98. The van der Waals surface area contributed by atoms with Crippen molar-refractivity contribution in [3.63, 3.8) is 0 Å². The molecule has 2 aromatic rings. The molecule has 1 aromatic heterocycles. The van der Waals surface area contributed by atoms with Crippen molar-refractivity contribution in [3.8, 4) is 0 Å². The Hall–Kier alpha value is -0.970. The normalized spacial score (nSPS) is 19.7. The molecule has 0 amide bonds. The molecule has 1 saturated heterocycles. The van der Waals surface area contributed by atoms with E-state index in [9.17, 15) is 4.39 Å². The summed E-state index contributed by atoms with van der Waals surface area (Å²) in [5.41, 5.74) is 1.19. The molecule has 0 radical (unpaired) electrons. The highest BCUT2D eigenvalue weighted by atomic mass is 32.1. The van der Waals surface area contributed by atoms with Crippen molar-refractivity contribution in [2.75, 3.05) is 20.1 Å². The predicted molar refractivity (Wildman–Crippen MR) is 88.2 cm³/mol. The molecule has 21 heavy (non-hydrogen) atoms. The number of hydrogen-bond donors (Lipinski definition) is 1. The van der Waals surface area contributed by atoms with Gasteiger partial charge in [-0.05, 0) is 43.6 Å². The second-order valence-corrected chi connectivity index (χ2v) is 7.08. The standard InChI is InChI=1S/C17H23FN2S/c1-3-12-7-8-20(10-12)11-13-16(9-19-2)21-15-6-4-5-14(18)17(13)15/h4-6,12,19H,3,7-11H2,1-2H3. The van der Waals surface area contributed by atoms with Crippen LogP contribution in [0.15, 0.2) is 18.2 Å². The molecule has 1 aromatic carbocycles. The molecule has 1 fully saturated rings. The predicted octanol–water partition coefficient (Wildman–Crippen LogP) is 3.99. The van der Waals surface area contributed by atoms with E-state index < -0.39 is 0 Å². The Morgan fingerprint density at radius 2 is 2.29 bits per heavy atom. The Morgan fingerprint density at radius 1 is 1.43 bits per heavy atom. The fourth-order valence-electron chi connectivity index (χ4n) is 3.30. The van der Waals surface area contributed by atoms with Gasteiger partial charge in [0.25, 0.3) is 0 Å². The van der Waals surface area contributed by atoms with Crippen LogP contribution >= 0.6 is 11.3 Å². The van der Waals surface area contributed by atoms with Gasteiger partial charge in [-0.15, -0.1) is 11.3 Å². The van der Waals surface area contributed by atoms with Crippen LogP contribution in [0, 0.1) is 11.7 Å². The lowest BCUT2D eigenvalue weighted by molar-refractivity contribution is 0.315. The lowest BCUT2D eigenvalue weighted by Gasteiger charge is -2.17. The fourth-order valence-corrected chi connectivity index (χ4v) is 4.54. The van der Waals surface area contributed by atoms with Gasteiger partial charge in [-0.3, -0.25) is 4.90 Å². The second kappa shape index (κ2) is 6.42. The molecule has 1 aliphatic rings. The summed E-state index contributed by atoms with van der Waals surface area (Å²) in [4.78, 5) is 3.76. The summed E-state index contributed by atoms with van der Waals surface area (Å²) >= 11 is 1.72. The molecule has 0 bridgehead atoms. The minimum atomic E-state index is -0.0765. The van der Waals surface area contributed by atoms with Gasteiger partial charge in [-0.2, -0.15) is 0 Å². The molecule has 2 heterocycles. The van der Waals surface area contributed by atoms with Crippen molar-refractivity contribution in [1.29, 1.82) is 0 Å². The lowest BCUT2D eigenvalue weighted by atomic mass is 10.1. The Labute approximate surface area is 130 Å². The van der Waals surface area contributed by atoms with Crippen LogP contribution in [-0.2, 0) is 13.1 Å². The van der Waals surface area contributed by atoms with Gasteiger partial charge in [-0.1, -0.05) is 19.4 Å². The summed E-state index contributed by atoms with van der Waals surface area (Å²) in [5.74, 6) is 0.736. The Kier molecular flexibility index (Phi) is 4.57. The average molecular weight is 306 g/mol. The second-order valence-electron chi connectivity index (χ2n) is 5.95. The average Bonchev–Trinajstić information content (AvgIpc) is 3.06. The molecule has 0 spiro atoms. The van der Waals surface area contributed by atoms with E-state index in [2.05, 4.69) is 17.1 Å². The summed E-state index contributed by atoms with van der Waals surface area (Å²) in [6.07, 6.45) is 2.53. The largest absolute Gasteiger partial charge is 0.315 e. The van der Waals surface area contributed by atoms with Crippen molar-refractivity contribution in [1.82, 2.24) is 10.2 Å². The van der Waals surface area contributed by atoms with E-state index in [1.165, 1.54) is 23.3 Å². The molecule has 114 valence electrons. The maximum Gasteiger partial charge on any atom is 0.132 e. The smallest absolute Gasteiger partial charge is 0.132 e. The van der Waals surface area contributed by atoms with Gasteiger partial charge in [0.2, 0.25) is 0 Å². The number of fused-ring (bicyclic) bond motifs is 1. The van der Waals surface area contributed by atoms with Crippen LogP contribution < -0.4 is 5.32 Å². The van der Waals surface area contributed by atoms with E-state index >= 15 is 0 Å². The number of nitrogens with one attached hydrogen (secondary N) is 1. The first-order valence-electron chi connectivity index (χ1n) is 7.78. The maximum atomic E-state index is 14.3. The first kappa shape index (κ1) is 14.9. The highest BCUT2D eigenvalue weighted by Gasteiger charge is 2.24. The highest BCUT2D eigenvalue weighted by molar-refractivity contribution is 7.19. The molecule has 1 aliphatic heterocycles. The van der Waals surface area contributed by atoms with E-state index in [1.807, 2.05) is 19.2 Å². The first-order valence-corrected chi connectivity index (χ1v) is 8.60. The molecule has 1 atom stereocenters. The zero-order valence-corrected chi connectivity index (χ0v) is 13.6. The molecule has 4 heteroatoms. The summed E-state index contributed by atoms with van der Waals surface area (Å²) in [5, 5.41) is 4.06. The van der Waals surface area contributed by atoms with Gasteiger partial charge in [0.15, 0.2) is 0 Å². The van der Waals surface area contributed by atoms with Crippen LogP contribution in [0.1, 0.15) is 30.2 Å². The van der Waals surface area contributed by atoms with Crippen LogP contribution in [0.25, 0.3) is 10.1 Å². The number of nitrogens with zero attached hydrogens (tertiary/aromatic N) is 1. The van der Waals surface area contributed by atoms with E-state index in [-0.39, 0.29) is 5.82 Å². The van der Waals surface area contributed by atoms with Crippen LogP contribution in [0.4, 0.5) is 4.39 Å². The van der Waals surface area contributed by atoms with Crippen molar-refractivity contribution in [2.24, 2.45) is 5.92 Å².